The monoisotopic (exact) mass is 707 g/mol. The van der Waals surface area contributed by atoms with Crippen LogP contribution in [-0.4, -0.2) is 90.6 Å². The predicted molar refractivity (Wildman–Crippen MR) is 176 cm³/mol. The van der Waals surface area contributed by atoms with Gasteiger partial charge in [0.2, 0.25) is 0 Å². The zero-order valence-corrected chi connectivity index (χ0v) is 27.4. The number of benzene rings is 2. The molecule has 10 nitrogen and oxygen atoms in total. The van der Waals surface area contributed by atoms with E-state index >= 15 is 0 Å². The van der Waals surface area contributed by atoms with E-state index < -0.39 is 24.0 Å². The second-order valence-electron chi connectivity index (χ2n) is 11.3. The third-order valence-corrected chi connectivity index (χ3v) is 9.76. The summed E-state index contributed by atoms with van der Waals surface area (Å²) in [5.41, 5.74) is 1.21. The van der Waals surface area contributed by atoms with Crippen LogP contribution in [0, 0.1) is 0 Å². The van der Waals surface area contributed by atoms with Crippen LogP contribution in [0.3, 0.4) is 0 Å². The van der Waals surface area contributed by atoms with Crippen LogP contribution >= 0.6 is 35.0 Å². The van der Waals surface area contributed by atoms with Gasteiger partial charge in [0.1, 0.15) is 10.5 Å². The lowest BCUT2D eigenvalue weighted by Gasteiger charge is -2.37. The van der Waals surface area contributed by atoms with Crippen LogP contribution in [0.25, 0.3) is 11.0 Å². The number of piperazine rings is 1. The molecule has 2 amide bonds. The molecular formula is C31H30Cl2F3N7O3S. The van der Waals surface area contributed by atoms with Gasteiger partial charge in [-0.15, -0.1) is 0 Å². The first kappa shape index (κ1) is 33.3. The maximum absolute atomic E-state index is 14.1. The number of carbonyl (C=O) groups excluding carboxylic acids is 2. The summed E-state index contributed by atoms with van der Waals surface area (Å²) in [4.78, 5) is 37.2. The Hall–Kier alpha value is -3.56. The molecule has 0 atom stereocenters. The number of H-pyrrole nitrogens is 1. The Bertz CT molecular complexity index is 1790. The largest absolute Gasteiger partial charge is 0.471 e. The number of alkyl halides is 3. The summed E-state index contributed by atoms with van der Waals surface area (Å²) in [6.45, 7) is 3.17. The Morgan fingerprint density at radius 1 is 1.04 bits per heavy atom. The van der Waals surface area contributed by atoms with Gasteiger partial charge in [-0.25, -0.2) is 4.98 Å². The number of carbonyl (C=O) groups is 2. The average molecular weight is 709 g/mol. The molecule has 2 fully saturated rings. The lowest BCUT2D eigenvalue weighted by Crippen LogP contribution is -2.50. The highest BCUT2D eigenvalue weighted by atomic mass is 35.5. The first-order valence-electron chi connectivity index (χ1n) is 14.8. The highest BCUT2D eigenvalue weighted by Crippen LogP contribution is 2.37. The molecule has 0 unspecified atom stereocenters. The summed E-state index contributed by atoms with van der Waals surface area (Å²) in [6, 6.07) is 12.4. The normalized spacial score (nSPS) is 16.4. The molecule has 0 saturated carbocycles. The Kier molecular flexibility index (Phi) is 9.85. The Labute approximate surface area is 282 Å². The molecule has 47 heavy (non-hydrogen) atoms. The molecule has 2 saturated heterocycles. The molecule has 2 aliphatic rings. The van der Waals surface area contributed by atoms with Crippen molar-refractivity contribution in [3.63, 3.8) is 0 Å². The number of aromatic amines is 1. The molecule has 0 aliphatic carbocycles. The standard InChI is InChI=1S/C31H30Cl2F3N7O3S/c1-41-10-12-42(13-11-41)20-3-4-21(24(17-20)43(30(45)31(34,35)36)19-8-14-46-15-9-19)29(44)38-28-27-23(39-40-28)6-7-26(37-27)47-25-16-18(32)2-5-22(25)33/h2-7,16-17,19H,8-15H2,1H3,(H2,38,39,40,44). The number of anilines is 3. The molecular weight excluding hydrogens is 678 g/mol. The number of ether oxygens (including phenoxy) is 1. The van der Waals surface area contributed by atoms with Gasteiger partial charge >= 0.3 is 12.1 Å². The zero-order valence-electron chi connectivity index (χ0n) is 25.1. The van der Waals surface area contributed by atoms with E-state index in [-0.39, 0.29) is 43.1 Å². The van der Waals surface area contributed by atoms with Gasteiger partial charge in [0.05, 0.1) is 21.8 Å². The summed E-state index contributed by atoms with van der Waals surface area (Å²) >= 11 is 13.7. The number of hydrogen-bond acceptors (Lipinski definition) is 8. The topological polar surface area (TPSA) is 107 Å². The zero-order chi connectivity index (χ0) is 33.3. The Morgan fingerprint density at radius 3 is 2.51 bits per heavy atom. The van der Waals surface area contributed by atoms with Crippen molar-refractivity contribution in [2.75, 3.05) is 61.6 Å². The maximum Gasteiger partial charge on any atom is 0.471 e. The fourth-order valence-corrected chi connectivity index (χ4v) is 6.91. The number of pyridine rings is 1. The smallest absolute Gasteiger partial charge is 0.381 e. The number of aromatic nitrogens is 3. The van der Waals surface area contributed by atoms with E-state index in [2.05, 4.69) is 25.4 Å². The van der Waals surface area contributed by atoms with E-state index in [4.69, 9.17) is 27.9 Å². The van der Waals surface area contributed by atoms with Gasteiger partial charge in [-0.1, -0.05) is 35.0 Å². The fourth-order valence-electron chi connectivity index (χ4n) is 5.59. The molecule has 2 aliphatic heterocycles. The minimum atomic E-state index is -5.17. The van der Waals surface area contributed by atoms with E-state index in [9.17, 15) is 22.8 Å². The molecule has 2 aromatic carbocycles. The molecule has 0 bridgehead atoms. The molecule has 4 aromatic rings. The first-order chi connectivity index (χ1) is 22.5. The summed E-state index contributed by atoms with van der Waals surface area (Å²) in [5, 5.41) is 11.3. The van der Waals surface area contributed by atoms with Crippen molar-refractivity contribution in [1.82, 2.24) is 20.1 Å². The third-order valence-electron chi connectivity index (χ3n) is 8.09. The molecule has 4 heterocycles. The highest BCUT2D eigenvalue weighted by Gasteiger charge is 2.46. The van der Waals surface area contributed by atoms with Crippen molar-refractivity contribution in [1.29, 1.82) is 0 Å². The van der Waals surface area contributed by atoms with E-state index in [1.54, 1.807) is 36.4 Å². The van der Waals surface area contributed by atoms with Crippen molar-refractivity contribution in [2.24, 2.45) is 0 Å². The summed E-state index contributed by atoms with van der Waals surface area (Å²) < 4.78 is 47.7. The van der Waals surface area contributed by atoms with Crippen molar-refractivity contribution in [2.45, 2.75) is 35.0 Å². The average Bonchev–Trinajstić information content (AvgIpc) is 3.45. The quantitative estimate of drug-likeness (QED) is 0.225. The highest BCUT2D eigenvalue weighted by molar-refractivity contribution is 7.99. The van der Waals surface area contributed by atoms with E-state index in [1.165, 1.54) is 23.9 Å². The number of nitrogens with one attached hydrogen (secondary N) is 2. The Balaban J connectivity index is 1.37. The van der Waals surface area contributed by atoms with Crippen LogP contribution in [0.4, 0.5) is 30.4 Å². The van der Waals surface area contributed by atoms with Crippen LogP contribution in [0.15, 0.2) is 58.5 Å². The van der Waals surface area contributed by atoms with Crippen molar-refractivity contribution in [3.05, 3.63) is 64.1 Å². The third kappa shape index (κ3) is 7.46. The summed E-state index contributed by atoms with van der Waals surface area (Å²) in [6.07, 6.45) is -4.79. The minimum Gasteiger partial charge on any atom is -0.381 e. The lowest BCUT2D eigenvalue weighted by molar-refractivity contribution is -0.171. The van der Waals surface area contributed by atoms with Crippen LogP contribution < -0.4 is 15.1 Å². The molecule has 0 radical (unpaired) electrons. The number of nitrogens with zero attached hydrogens (tertiary/aromatic N) is 5. The number of hydrogen-bond donors (Lipinski definition) is 2. The van der Waals surface area contributed by atoms with Crippen LogP contribution in [0.1, 0.15) is 23.2 Å². The fraction of sp³-hybridized carbons (Fsp3) is 0.355. The summed E-state index contributed by atoms with van der Waals surface area (Å²) in [5.74, 6) is -2.72. The maximum atomic E-state index is 14.1. The molecule has 16 heteroatoms. The van der Waals surface area contributed by atoms with Crippen molar-refractivity contribution < 1.29 is 27.5 Å². The molecule has 248 valence electrons. The van der Waals surface area contributed by atoms with Crippen LogP contribution in [-0.2, 0) is 9.53 Å². The van der Waals surface area contributed by atoms with E-state index in [0.717, 1.165) is 18.0 Å². The van der Waals surface area contributed by atoms with Gasteiger partial charge in [0, 0.05) is 61.0 Å². The minimum absolute atomic E-state index is 0.0681. The number of halogens is 5. The van der Waals surface area contributed by atoms with E-state index in [0.29, 0.717) is 49.8 Å². The SMILES string of the molecule is CN1CCN(c2ccc(C(=O)Nc3n[nH]c4ccc(Sc5cc(Cl)ccc5Cl)nc34)c(N(C(=O)C(F)(F)F)C3CCOCC3)c2)CC1. The number of amides is 2. The van der Waals surface area contributed by atoms with Gasteiger partial charge in [-0.2, -0.15) is 18.3 Å². The van der Waals surface area contributed by atoms with E-state index in [1.807, 2.05) is 11.9 Å². The van der Waals surface area contributed by atoms with Crippen LogP contribution in [0.5, 0.6) is 0 Å². The predicted octanol–water partition coefficient (Wildman–Crippen LogP) is 6.49. The van der Waals surface area contributed by atoms with Gasteiger partial charge in [-0.3, -0.25) is 14.7 Å². The van der Waals surface area contributed by atoms with Gasteiger partial charge in [0.25, 0.3) is 5.91 Å². The summed E-state index contributed by atoms with van der Waals surface area (Å²) in [7, 11) is 1.99. The second-order valence-corrected chi connectivity index (χ2v) is 13.2. The van der Waals surface area contributed by atoms with Gasteiger partial charge in [-0.05, 0) is 68.4 Å². The first-order valence-corrected chi connectivity index (χ1v) is 16.4. The van der Waals surface area contributed by atoms with Crippen LogP contribution in [0.2, 0.25) is 10.0 Å². The lowest BCUT2D eigenvalue weighted by atomic mass is 10.0. The number of likely N-dealkylation sites (N-methyl/N-ethyl adjacent to an activating group) is 1. The Morgan fingerprint density at radius 2 is 1.79 bits per heavy atom. The molecule has 6 rings (SSSR count). The molecule has 0 spiro atoms. The number of rotatable bonds is 7. The van der Waals surface area contributed by atoms with Crippen molar-refractivity contribution in [3.8, 4) is 0 Å². The van der Waals surface area contributed by atoms with Crippen molar-refractivity contribution >= 4 is 75.0 Å². The van der Waals surface area contributed by atoms with Gasteiger partial charge < -0.3 is 24.8 Å². The molecule has 2 N–H and O–H groups in total. The second kappa shape index (κ2) is 13.9. The molecule has 2 aromatic heterocycles. The number of fused-ring (bicyclic) bond motifs is 1. The van der Waals surface area contributed by atoms with Gasteiger partial charge in [0.15, 0.2) is 5.82 Å².